The summed E-state index contributed by atoms with van der Waals surface area (Å²) < 4.78 is 26.8. The van der Waals surface area contributed by atoms with Gasteiger partial charge >= 0.3 is 0 Å². The molecule has 3 aromatic rings. The topological polar surface area (TPSA) is 84.6 Å². The molecule has 6 nitrogen and oxygen atoms in total. The van der Waals surface area contributed by atoms with Gasteiger partial charge < -0.3 is 5.21 Å². The van der Waals surface area contributed by atoms with Crippen LogP contribution in [0.25, 0.3) is 11.0 Å². The summed E-state index contributed by atoms with van der Waals surface area (Å²) in [6.45, 7) is 3.44. The van der Waals surface area contributed by atoms with Gasteiger partial charge in [-0.1, -0.05) is 34.5 Å². The Morgan fingerprint density at radius 1 is 1.25 bits per heavy atom. The normalized spacial score (nSPS) is 12.7. The second kappa shape index (κ2) is 5.92. The molecule has 2 heterocycles. The maximum absolute atomic E-state index is 12.8. The van der Waals surface area contributed by atoms with E-state index in [1.165, 1.54) is 12.3 Å². The Kier molecular flexibility index (Phi) is 4.06. The van der Waals surface area contributed by atoms with Crippen molar-refractivity contribution in [1.29, 1.82) is 0 Å². The minimum Gasteiger partial charge on any atom is -0.411 e. The van der Waals surface area contributed by atoms with Gasteiger partial charge in [0.1, 0.15) is 11.4 Å². The number of hydrogen-bond donors (Lipinski definition) is 1. The van der Waals surface area contributed by atoms with Gasteiger partial charge in [-0.15, -0.1) is 0 Å². The number of rotatable bonds is 3. The number of halogens is 1. The number of hydrogen-bond acceptors (Lipinski definition) is 5. The van der Waals surface area contributed by atoms with Crippen LogP contribution in [0, 0.1) is 6.92 Å². The summed E-state index contributed by atoms with van der Waals surface area (Å²) in [7, 11) is -3.76. The van der Waals surface area contributed by atoms with Gasteiger partial charge in [-0.3, -0.25) is 0 Å². The Morgan fingerprint density at radius 3 is 2.54 bits per heavy atom. The van der Waals surface area contributed by atoms with Gasteiger partial charge in [0.15, 0.2) is 0 Å². The van der Waals surface area contributed by atoms with Crippen molar-refractivity contribution in [2.24, 2.45) is 5.16 Å². The number of nitrogens with zero attached hydrogens (tertiary/aromatic N) is 3. The largest absolute Gasteiger partial charge is 0.411 e. The maximum atomic E-state index is 12.8. The molecule has 0 fully saturated rings. The van der Waals surface area contributed by atoms with Crippen molar-refractivity contribution >= 4 is 38.4 Å². The third kappa shape index (κ3) is 2.65. The number of oxime groups is 1. The summed E-state index contributed by atoms with van der Waals surface area (Å²) in [5.74, 6) is 0. The van der Waals surface area contributed by atoms with Crippen molar-refractivity contribution in [3.8, 4) is 0 Å². The molecule has 124 valence electrons. The monoisotopic (exact) mass is 363 g/mol. The zero-order valence-electron chi connectivity index (χ0n) is 12.9. The van der Waals surface area contributed by atoms with E-state index in [1.54, 1.807) is 37.3 Å². The fourth-order valence-corrected chi connectivity index (χ4v) is 3.96. The van der Waals surface area contributed by atoms with E-state index in [0.717, 1.165) is 9.54 Å². The van der Waals surface area contributed by atoms with E-state index >= 15 is 0 Å². The van der Waals surface area contributed by atoms with Crippen LogP contribution >= 0.6 is 11.6 Å². The van der Waals surface area contributed by atoms with Crippen molar-refractivity contribution in [3.05, 3.63) is 58.9 Å². The van der Waals surface area contributed by atoms with Gasteiger partial charge in [-0.25, -0.2) is 17.4 Å². The highest BCUT2D eigenvalue weighted by Crippen LogP contribution is 2.26. The maximum Gasteiger partial charge on any atom is 0.268 e. The van der Waals surface area contributed by atoms with Crippen LogP contribution in [0.1, 0.15) is 18.2 Å². The first-order chi connectivity index (χ1) is 11.3. The van der Waals surface area contributed by atoms with Gasteiger partial charge in [0.25, 0.3) is 10.0 Å². The molecule has 0 saturated heterocycles. The molecular formula is C16H14ClN3O3S. The molecule has 8 heteroatoms. The highest BCUT2D eigenvalue weighted by molar-refractivity contribution is 7.90. The van der Waals surface area contributed by atoms with E-state index in [-0.39, 0.29) is 15.6 Å². The van der Waals surface area contributed by atoms with Crippen molar-refractivity contribution in [2.75, 3.05) is 0 Å². The molecule has 2 aromatic heterocycles. The fraction of sp³-hybridized carbons (Fsp3) is 0.125. The van der Waals surface area contributed by atoms with Crippen LogP contribution in [-0.4, -0.2) is 28.3 Å². The van der Waals surface area contributed by atoms with Gasteiger partial charge in [-0.05, 0) is 38.1 Å². The van der Waals surface area contributed by atoms with Crippen molar-refractivity contribution in [1.82, 2.24) is 8.96 Å². The first kappa shape index (κ1) is 16.5. The van der Waals surface area contributed by atoms with Crippen LogP contribution in [0.3, 0.4) is 0 Å². The van der Waals surface area contributed by atoms with Crippen LogP contribution in [-0.2, 0) is 10.0 Å². The molecule has 1 N–H and O–H groups in total. The number of pyridine rings is 1. The molecule has 3 rings (SSSR count). The zero-order chi connectivity index (χ0) is 17.5. The van der Waals surface area contributed by atoms with E-state index in [2.05, 4.69) is 10.1 Å². The van der Waals surface area contributed by atoms with Crippen LogP contribution in [0.2, 0.25) is 5.02 Å². The average molecular weight is 364 g/mol. The van der Waals surface area contributed by atoms with E-state index in [4.69, 9.17) is 16.8 Å². The molecule has 0 aliphatic carbocycles. The third-order valence-electron chi connectivity index (χ3n) is 3.66. The minimum atomic E-state index is -3.76. The van der Waals surface area contributed by atoms with E-state index in [1.807, 2.05) is 6.92 Å². The summed E-state index contributed by atoms with van der Waals surface area (Å²) >= 11 is 6.16. The third-order valence-corrected chi connectivity index (χ3v) is 5.65. The smallest absolute Gasteiger partial charge is 0.268 e. The predicted molar refractivity (Wildman–Crippen MR) is 92.5 cm³/mol. The second-order valence-corrected chi connectivity index (χ2v) is 7.56. The lowest BCUT2D eigenvalue weighted by Gasteiger charge is -2.09. The Balaban J connectivity index is 2.21. The molecule has 0 radical (unpaired) electrons. The predicted octanol–water partition coefficient (Wildman–Crippen LogP) is 3.43. The van der Waals surface area contributed by atoms with Crippen LogP contribution in [0.4, 0.5) is 0 Å². The highest BCUT2D eigenvalue weighted by atomic mass is 35.5. The zero-order valence-corrected chi connectivity index (χ0v) is 14.5. The van der Waals surface area contributed by atoms with E-state index in [0.29, 0.717) is 16.7 Å². The van der Waals surface area contributed by atoms with Crippen molar-refractivity contribution in [3.63, 3.8) is 0 Å². The van der Waals surface area contributed by atoms with Gasteiger partial charge in [-0.2, -0.15) is 0 Å². The van der Waals surface area contributed by atoms with Gasteiger partial charge in [0.2, 0.25) is 0 Å². The Hall–Kier alpha value is -2.38. The first-order valence-electron chi connectivity index (χ1n) is 7.03. The average Bonchev–Trinajstić information content (AvgIpc) is 2.97. The molecule has 0 saturated carbocycles. The molecule has 0 aliphatic rings. The standard InChI is InChI=1S/C16H14ClN3O3S/c1-10-3-5-12(6-4-10)24(22,23)20-8-7-14-15(20)9-13(17)16(18-14)11(2)19-21/h3-9,21H,1-2H3. The molecule has 0 bridgehead atoms. The number of aryl methyl sites for hydroxylation is 1. The highest BCUT2D eigenvalue weighted by Gasteiger charge is 2.20. The molecule has 0 spiro atoms. The molecule has 0 unspecified atom stereocenters. The molecule has 24 heavy (non-hydrogen) atoms. The molecule has 0 atom stereocenters. The van der Waals surface area contributed by atoms with Gasteiger partial charge in [0, 0.05) is 6.20 Å². The number of benzene rings is 1. The molecular weight excluding hydrogens is 350 g/mol. The van der Waals surface area contributed by atoms with Crippen LogP contribution < -0.4 is 0 Å². The summed E-state index contributed by atoms with van der Waals surface area (Å²) in [6.07, 6.45) is 1.43. The van der Waals surface area contributed by atoms with E-state index < -0.39 is 10.0 Å². The molecule has 1 aromatic carbocycles. The van der Waals surface area contributed by atoms with Crippen LogP contribution in [0.5, 0.6) is 0 Å². The fourth-order valence-electron chi connectivity index (χ4n) is 2.35. The molecule has 0 amide bonds. The lowest BCUT2D eigenvalue weighted by Crippen LogP contribution is -2.12. The summed E-state index contributed by atoms with van der Waals surface area (Å²) in [5.41, 5.74) is 2.32. The van der Waals surface area contributed by atoms with E-state index in [9.17, 15) is 8.42 Å². The minimum absolute atomic E-state index is 0.180. The van der Waals surface area contributed by atoms with Crippen molar-refractivity contribution < 1.29 is 13.6 Å². The number of aromatic nitrogens is 2. The SMILES string of the molecule is CC(=NO)c1nc2ccn(S(=O)(=O)c3ccc(C)cc3)c2cc1Cl. The van der Waals surface area contributed by atoms with Crippen LogP contribution in [0.15, 0.2) is 52.6 Å². The van der Waals surface area contributed by atoms with Gasteiger partial charge in [0.05, 0.1) is 21.0 Å². The summed E-state index contributed by atoms with van der Waals surface area (Å²) in [4.78, 5) is 4.46. The number of fused-ring (bicyclic) bond motifs is 1. The Morgan fingerprint density at radius 2 is 1.92 bits per heavy atom. The quantitative estimate of drug-likeness (QED) is 0.439. The lowest BCUT2D eigenvalue weighted by atomic mass is 10.2. The Labute approximate surface area is 144 Å². The summed E-state index contributed by atoms with van der Waals surface area (Å²) in [6, 6.07) is 9.67. The second-order valence-electron chi connectivity index (χ2n) is 5.34. The van der Waals surface area contributed by atoms with Crippen molar-refractivity contribution in [2.45, 2.75) is 18.7 Å². The Bertz CT molecular complexity index is 1050. The lowest BCUT2D eigenvalue weighted by molar-refractivity contribution is 0.319. The first-order valence-corrected chi connectivity index (χ1v) is 8.85. The molecule has 0 aliphatic heterocycles. The summed E-state index contributed by atoms with van der Waals surface area (Å²) in [5, 5.41) is 12.2.